The van der Waals surface area contributed by atoms with E-state index in [2.05, 4.69) is 11.1 Å². The fourth-order valence-electron chi connectivity index (χ4n) is 3.55. The fourth-order valence-corrected chi connectivity index (χ4v) is 3.55. The number of hydrogen-bond acceptors (Lipinski definition) is 3. The Hall–Kier alpha value is -1.65. The van der Waals surface area contributed by atoms with E-state index in [4.69, 9.17) is 5.73 Å². The standard InChI is InChI=1S/C15H18N2O2/c1-3-10-9-6-8(2)7-15(10,16)11-4-5-12(18)17-13(11)14(9)19/h3-6,9,14,19H,7,16H2,1-2H3,(H,17,18)/b10-3+/t9-,14-,15-/m1/s1. The molecule has 2 bridgehead atoms. The van der Waals surface area contributed by atoms with E-state index in [1.54, 1.807) is 6.07 Å². The van der Waals surface area contributed by atoms with Crippen LogP contribution in [0.2, 0.25) is 0 Å². The van der Waals surface area contributed by atoms with Gasteiger partial charge in [0.15, 0.2) is 0 Å². The summed E-state index contributed by atoms with van der Waals surface area (Å²) in [4.78, 5) is 14.2. The molecule has 0 saturated heterocycles. The van der Waals surface area contributed by atoms with Crippen LogP contribution in [0.5, 0.6) is 0 Å². The highest BCUT2D eigenvalue weighted by Crippen LogP contribution is 2.51. The minimum absolute atomic E-state index is 0.144. The summed E-state index contributed by atoms with van der Waals surface area (Å²) in [5.74, 6) is -0.144. The molecule has 4 nitrogen and oxygen atoms in total. The summed E-state index contributed by atoms with van der Waals surface area (Å²) in [7, 11) is 0. The lowest BCUT2D eigenvalue weighted by molar-refractivity contribution is 0.116. The molecule has 4 N–H and O–H groups in total. The van der Waals surface area contributed by atoms with Gasteiger partial charge in [-0.05, 0) is 37.5 Å². The van der Waals surface area contributed by atoms with Gasteiger partial charge in [0.25, 0.3) is 0 Å². The van der Waals surface area contributed by atoms with Gasteiger partial charge < -0.3 is 15.8 Å². The van der Waals surface area contributed by atoms with Crippen LogP contribution in [0.3, 0.4) is 0 Å². The zero-order chi connectivity index (χ0) is 13.8. The van der Waals surface area contributed by atoms with Crippen LogP contribution in [0.1, 0.15) is 37.6 Å². The molecule has 1 aromatic heterocycles. The van der Waals surface area contributed by atoms with Crippen LogP contribution in [0.25, 0.3) is 0 Å². The first-order valence-corrected chi connectivity index (χ1v) is 6.52. The Morgan fingerprint density at radius 1 is 1.53 bits per heavy atom. The number of rotatable bonds is 0. The normalized spacial score (nSPS) is 34.9. The lowest BCUT2D eigenvalue weighted by Gasteiger charge is -2.47. The molecular formula is C15H18N2O2. The predicted octanol–water partition coefficient (Wildman–Crippen LogP) is 1.49. The Kier molecular flexibility index (Phi) is 2.56. The molecule has 0 aliphatic heterocycles. The van der Waals surface area contributed by atoms with E-state index in [-0.39, 0.29) is 11.5 Å². The Labute approximate surface area is 111 Å². The maximum absolute atomic E-state index is 11.5. The minimum atomic E-state index is -0.734. The number of nitrogens with one attached hydrogen (secondary N) is 1. The smallest absolute Gasteiger partial charge is 0.248 e. The van der Waals surface area contributed by atoms with Gasteiger partial charge in [0.1, 0.15) is 6.10 Å². The molecular weight excluding hydrogens is 240 g/mol. The lowest BCUT2D eigenvalue weighted by atomic mass is 9.62. The second-order valence-corrected chi connectivity index (χ2v) is 5.53. The Morgan fingerprint density at radius 2 is 2.26 bits per heavy atom. The summed E-state index contributed by atoms with van der Waals surface area (Å²) in [6.45, 7) is 3.98. The quantitative estimate of drug-likeness (QED) is 0.617. The Balaban J connectivity index is 2.34. The molecule has 1 aromatic rings. The van der Waals surface area contributed by atoms with Crippen molar-refractivity contribution in [2.75, 3.05) is 0 Å². The van der Waals surface area contributed by atoms with E-state index < -0.39 is 11.6 Å². The third-order valence-corrected chi connectivity index (χ3v) is 4.27. The maximum atomic E-state index is 11.5. The van der Waals surface area contributed by atoms with E-state index >= 15 is 0 Å². The first kappa shape index (κ1) is 12.4. The van der Waals surface area contributed by atoms with E-state index in [0.717, 1.165) is 17.6 Å². The first-order chi connectivity index (χ1) is 8.97. The van der Waals surface area contributed by atoms with Gasteiger partial charge in [-0.3, -0.25) is 4.79 Å². The van der Waals surface area contributed by atoms with Crippen molar-refractivity contribution in [1.29, 1.82) is 0 Å². The molecule has 0 radical (unpaired) electrons. The number of hydrogen-bond donors (Lipinski definition) is 3. The van der Waals surface area contributed by atoms with Crippen LogP contribution in [0.4, 0.5) is 0 Å². The first-order valence-electron chi connectivity index (χ1n) is 6.52. The number of aliphatic hydroxyl groups is 1. The second-order valence-electron chi connectivity index (χ2n) is 5.53. The van der Waals surface area contributed by atoms with E-state index in [9.17, 15) is 9.90 Å². The monoisotopic (exact) mass is 258 g/mol. The molecule has 0 spiro atoms. The van der Waals surface area contributed by atoms with Gasteiger partial charge >= 0.3 is 0 Å². The van der Waals surface area contributed by atoms with Crippen LogP contribution >= 0.6 is 0 Å². The minimum Gasteiger partial charge on any atom is -0.386 e. The summed E-state index contributed by atoms with van der Waals surface area (Å²) >= 11 is 0. The van der Waals surface area contributed by atoms with Crippen molar-refractivity contribution >= 4 is 0 Å². The van der Waals surface area contributed by atoms with Crippen molar-refractivity contribution < 1.29 is 5.11 Å². The zero-order valence-electron chi connectivity index (χ0n) is 11.1. The molecule has 0 amide bonds. The summed E-state index contributed by atoms with van der Waals surface area (Å²) < 4.78 is 0. The topological polar surface area (TPSA) is 79.1 Å². The van der Waals surface area contributed by atoms with E-state index in [1.807, 2.05) is 19.9 Å². The summed E-state index contributed by atoms with van der Waals surface area (Å²) in [5.41, 5.74) is 9.41. The van der Waals surface area contributed by atoms with Crippen molar-refractivity contribution in [3.63, 3.8) is 0 Å². The van der Waals surface area contributed by atoms with Crippen LogP contribution < -0.4 is 11.3 Å². The van der Waals surface area contributed by atoms with Gasteiger partial charge in [-0.25, -0.2) is 0 Å². The van der Waals surface area contributed by atoms with Gasteiger partial charge in [-0.15, -0.1) is 0 Å². The Morgan fingerprint density at radius 3 is 2.95 bits per heavy atom. The summed E-state index contributed by atoms with van der Waals surface area (Å²) in [5, 5.41) is 10.5. The summed E-state index contributed by atoms with van der Waals surface area (Å²) in [6.07, 6.45) is 4.03. The SMILES string of the molecule is C/C=C1\[C@H]2C=C(C)C[C@]1(N)c1ccc(=O)[nH]c1[C@@H]2O. The zero-order valence-corrected chi connectivity index (χ0v) is 11.1. The van der Waals surface area contributed by atoms with Crippen LogP contribution in [0, 0.1) is 5.92 Å². The van der Waals surface area contributed by atoms with Crippen molar-refractivity contribution in [2.45, 2.75) is 31.9 Å². The molecule has 0 saturated carbocycles. The third kappa shape index (κ3) is 1.57. The number of aromatic nitrogens is 1. The maximum Gasteiger partial charge on any atom is 0.248 e. The number of pyridine rings is 1. The second kappa shape index (κ2) is 3.92. The van der Waals surface area contributed by atoms with E-state index in [0.29, 0.717) is 5.69 Å². The average Bonchev–Trinajstić information content (AvgIpc) is 2.35. The van der Waals surface area contributed by atoms with Gasteiger partial charge in [0.2, 0.25) is 5.56 Å². The lowest BCUT2D eigenvalue weighted by Crippen LogP contribution is -2.49. The van der Waals surface area contributed by atoms with Crippen LogP contribution in [-0.2, 0) is 5.54 Å². The molecule has 4 heteroatoms. The molecule has 3 rings (SSSR count). The van der Waals surface area contributed by atoms with Gasteiger partial charge in [0.05, 0.1) is 11.2 Å². The van der Waals surface area contributed by atoms with Crippen molar-refractivity contribution in [1.82, 2.24) is 4.98 Å². The fraction of sp³-hybridized carbons (Fsp3) is 0.400. The van der Waals surface area contributed by atoms with Crippen LogP contribution in [-0.4, -0.2) is 10.1 Å². The largest absolute Gasteiger partial charge is 0.386 e. The third-order valence-electron chi connectivity index (χ3n) is 4.27. The number of allylic oxidation sites excluding steroid dienone is 1. The Bertz CT molecular complexity index is 656. The number of aromatic amines is 1. The van der Waals surface area contributed by atoms with Crippen LogP contribution in [0.15, 0.2) is 40.2 Å². The van der Waals surface area contributed by atoms with Crippen molar-refractivity contribution in [2.24, 2.45) is 11.7 Å². The molecule has 0 aromatic carbocycles. The molecule has 1 heterocycles. The highest BCUT2D eigenvalue weighted by Gasteiger charge is 2.47. The highest BCUT2D eigenvalue weighted by molar-refractivity contribution is 5.50. The van der Waals surface area contributed by atoms with E-state index in [1.165, 1.54) is 11.6 Å². The average molecular weight is 258 g/mol. The molecule has 2 aliphatic carbocycles. The predicted molar refractivity (Wildman–Crippen MR) is 73.5 cm³/mol. The number of fused-ring (bicyclic) bond motifs is 4. The molecule has 3 atom stereocenters. The van der Waals surface area contributed by atoms with Crippen molar-refractivity contribution in [3.8, 4) is 0 Å². The molecule has 19 heavy (non-hydrogen) atoms. The molecule has 0 fully saturated rings. The molecule has 2 aliphatic rings. The number of H-pyrrole nitrogens is 1. The molecule has 0 unspecified atom stereocenters. The molecule has 100 valence electrons. The van der Waals surface area contributed by atoms with Gasteiger partial charge in [-0.1, -0.05) is 17.7 Å². The highest BCUT2D eigenvalue weighted by atomic mass is 16.3. The summed E-state index contributed by atoms with van der Waals surface area (Å²) in [6, 6.07) is 3.22. The number of nitrogens with two attached hydrogens (primary N) is 1. The van der Waals surface area contributed by atoms with Gasteiger partial charge in [-0.2, -0.15) is 0 Å². The number of aliphatic hydroxyl groups excluding tert-OH is 1. The van der Waals surface area contributed by atoms with Gasteiger partial charge in [0, 0.05) is 12.0 Å². The van der Waals surface area contributed by atoms with Crippen molar-refractivity contribution in [3.05, 3.63) is 57.0 Å².